The molecule has 2 aromatic carbocycles. The molecule has 0 atom stereocenters. The number of fused-ring (bicyclic) bond motifs is 1. The monoisotopic (exact) mass is 460 g/mol. The van der Waals surface area contributed by atoms with Gasteiger partial charge >= 0.3 is 0 Å². The molecule has 0 saturated heterocycles. The van der Waals surface area contributed by atoms with E-state index in [0.29, 0.717) is 10.9 Å². The number of nitrogens with one attached hydrogen (secondary N) is 2. The van der Waals surface area contributed by atoms with Gasteiger partial charge in [-0.25, -0.2) is 9.49 Å². The van der Waals surface area contributed by atoms with Crippen LogP contribution in [-0.2, 0) is 6.98 Å². The van der Waals surface area contributed by atoms with Crippen molar-refractivity contribution in [1.82, 2.24) is 25.3 Å². The topological polar surface area (TPSA) is 92.7 Å². The molecule has 2 aliphatic carbocycles. The maximum atomic E-state index is 14.8. The molecule has 0 bridgehead atoms. The zero-order valence-corrected chi connectivity index (χ0v) is 18.2. The fourth-order valence-electron chi connectivity index (χ4n) is 5.67. The SMILES string of the molecule is [2H]C([2H])([2H])n1cc(-c2ccc(C(=O)NC3CC4(C3)CC(c3n[nH]c(=O)c5ccccc35)C4)cc2F)cn1. The van der Waals surface area contributed by atoms with E-state index in [9.17, 15) is 14.0 Å². The highest BCUT2D eigenvalue weighted by Gasteiger charge is 2.54. The number of aryl methyl sites for hydroxylation is 1. The summed E-state index contributed by atoms with van der Waals surface area (Å²) in [5.41, 5.74) is 1.62. The Balaban J connectivity index is 1.07. The lowest BCUT2D eigenvalue weighted by Gasteiger charge is -2.57. The number of benzene rings is 2. The number of carbonyl (C=O) groups is 1. The summed E-state index contributed by atoms with van der Waals surface area (Å²) >= 11 is 0. The zero-order chi connectivity index (χ0) is 25.9. The van der Waals surface area contributed by atoms with Gasteiger partial charge in [0.1, 0.15) is 5.82 Å². The normalized spacial score (nSPS) is 25.1. The molecular formula is C26H24FN5O2. The van der Waals surface area contributed by atoms with Gasteiger partial charge in [0.15, 0.2) is 0 Å². The first-order valence-electron chi connectivity index (χ1n) is 12.8. The maximum absolute atomic E-state index is 14.8. The van der Waals surface area contributed by atoms with Crippen LogP contribution in [0.15, 0.2) is 59.7 Å². The second-order valence-electron chi connectivity index (χ2n) is 9.54. The Kier molecular flexibility index (Phi) is 3.95. The lowest BCUT2D eigenvalue weighted by atomic mass is 9.49. The molecule has 0 radical (unpaired) electrons. The molecule has 2 aliphatic rings. The van der Waals surface area contributed by atoms with Gasteiger partial charge in [0.25, 0.3) is 11.5 Å². The van der Waals surface area contributed by atoms with Crippen molar-refractivity contribution >= 4 is 16.7 Å². The van der Waals surface area contributed by atoms with Gasteiger partial charge in [0.05, 0.1) is 17.3 Å². The molecule has 4 aromatic rings. The van der Waals surface area contributed by atoms with Gasteiger partial charge in [-0.1, -0.05) is 24.3 Å². The van der Waals surface area contributed by atoms with Crippen molar-refractivity contribution in [3.8, 4) is 11.1 Å². The fraction of sp³-hybridized carbons (Fsp3) is 0.308. The summed E-state index contributed by atoms with van der Waals surface area (Å²) in [5, 5.41) is 15.3. The van der Waals surface area contributed by atoms with Crippen LogP contribution in [0.4, 0.5) is 4.39 Å². The van der Waals surface area contributed by atoms with E-state index < -0.39 is 12.8 Å². The van der Waals surface area contributed by atoms with Crippen LogP contribution in [0.1, 0.15) is 51.8 Å². The molecule has 0 unspecified atom stereocenters. The molecule has 8 heteroatoms. The predicted octanol–water partition coefficient (Wildman–Crippen LogP) is 3.92. The maximum Gasteiger partial charge on any atom is 0.272 e. The summed E-state index contributed by atoms with van der Waals surface area (Å²) in [6, 6.07) is 11.7. The van der Waals surface area contributed by atoms with E-state index in [2.05, 4.69) is 20.6 Å². The predicted molar refractivity (Wildman–Crippen MR) is 126 cm³/mol. The van der Waals surface area contributed by atoms with Crippen LogP contribution >= 0.6 is 0 Å². The number of nitrogens with zero attached hydrogens (tertiary/aromatic N) is 3. The zero-order valence-electron chi connectivity index (χ0n) is 21.2. The van der Waals surface area contributed by atoms with Crippen LogP contribution in [0.2, 0.25) is 0 Å². The Morgan fingerprint density at radius 3 is 2.74 bits per heavy atom. The minimum atomic E-state index is -2.45. The van der Waals surface area contributed by atoms with Crippen molar-refractivity contribution in [1.29, 1.82) is 0 Å². The Morgan fingerprint density at radius 2 is 2.00 bits per heavy atom. The van der Waals surface area contributed by atoms with Gasteiger partial charge in [0, 0.05) is 51.3 Å². The summed E-state index contributed by atoms with van der Waals surface area (Å²) in [6.07, 6.45) is 6.16. The van der Waals surface area contributed by atoms with E-state index in [1.807, 2.05) is 24.3 Å². The van der Waals surface area contributed by atoms with E-state index in [1.54, 1.807) is 0 Å². The number of halogens is 1. The summed E-state index contributed by atoms with van der Waals surface area (Å²) in [4.78, 5) is 24.8. The van der Waals surface area contributed by atoms with Crippen molar-refractivity contribution in [2.75, 3.05) is 0 Å². The summed E-state index contributed by atoms with van der Waals surface area (Å²) in [5.74, 6) is -0.687. The molecule has 2 fully saturated rings. The van der Waals surface area contributed by atoms with Crippen LogP contribution in [-0.4, -0.2) is 31.9 Å². The average molecular weight is 461 g/mol. The first kappa shape index (κ1) is 17.6. The van der Waals surface area contributed by atoms with Crippen molar-refractivity contribution < 1.29 is 13.3 Å². The van der Waals surface area contributed by atoms with Crippen LogP contribution in [0.25, 0.3) is 21.9 Å². The second kappa shape index (κ2) is 7.62. The van der Waals surface area contributed by atoms with Crippen molar-refractivity contribution in [2.45, 2.75) is 37.6 Å². The smallest absolute Gasteiger partial charge is 0.272 e. The molecule has 2 saturated carbocycles. The van der Waals surface area contributed by atoms with Gasteiger partial charge in [-0.3, -0.25) is 14.3 Å². The summed E-state index contributed by atoms with van der Waals surface area (Å²) in [7, 11) is 0. The third kappa shape index (κ3) is 3.41. The van der Waals surface area contributed by atoms with Crippen LogP contribution in [0.3, 0.4) is 0 Å². The van der Waals surface area contributed by atoms with E-state index >= 15 is 0 Å². The molecule has 172 valence electrons. The van der Waals surface area contributed by atoms with Gasteiger partial charge < -0.3 is 5.32 Å². The fourth-order valence-corrected chi connectivity index (χ4v) is 5.67. The Morgan fingerprint density at radius 1 is 1.21 bits per heavy atom. The molecule has 2 aromatic heterocycles. The number of carbonyl (C=O) groups excluding carboxylic acids is 1. The molecule has 0 aliphatic heterocycles. The van der Waals surface area contributed by atoms with Crippen LogP contribution < -0.4 is 10.9 Å². The third-order valence-electron chi connectivity index (χ3n) is 7.29. The molecule has 7 nitrogen and oxygen atoms in total. The lowest BCUT2D eigenvalue weighted by Crippen LogP contribution is -2.55. The average Bonchev–Trinajstić information content (AvgIpc) is 3.31. The highest BCUT2D eigenvalue weighted by molar-refractivity contribution is 5.95. The number of rotatable bonds is 4. The van der Waals surface area contributed by atoms with Crippen molar-refractivity contribution in [2.24, 2.45) is 12.4 Å². The lowest BCUT2D eigenvalue weighted by molar-refractivity contribution is -0.0196. The third-order valence-corrected chi connectivity index (χ3v) is 7.29. The number of hydrogen-bond donors (Lipinski definition) is 2. The summed E-state index contributed by atoms with van der Waals surface area (Å²) < 4.78 is 37.8. The molecular weight excluding hydrogens is 433 g/mol. The minimum Gasteiger partial charge on any atom is -0.349 e. The Hall–Kier alpha value is -3.81. The Bertz CT molecular complexity index is 1580. The number of amides is 1. The molecule has 6 rings (SSSR count). The van der Waals surface area contributed by atoms with Crippen LogP contribution in [0, 0.1) is 11.2 Å². The highest BCUT2D eigenvalue weighted by atomic mass is 19.1. The number of aromatic nitrogens is 4. The molecule has 2 N–H and O–H groups in total. The number of hydrogen-bond acceptors (Lipinski definition) is 4. The van der Waals surface area contributed by atoms with E-state index in [1.165, 1.54) is 24.5 Å². The van der Waals surface area contributed by atoms with Gasteiger partial charge in [0.2, 0.25) is 0 Å². The number of aromatic amines is 1. The number of H-pyrrole nitrogens is 1. The van der Waals surface area contributed by atoms with Gasteiger partial charge in [-0.15, -0.1) is 0 Å². The largest absolute Gasteiger partial charge is 0.349 e. The molecule has 34 heavy (non-hydrogen) atoms. The first-order chi connectivity index (χ1) is 17.6. The molecule has 2 heterocycles. The molecule has 1 amide bonds. The van der Waals surface area contributed by atoms with E-state index in [4.69, 9.17) is 4.11 Å². The standard InChI is InChI=1S/C26H24FN5O2/c1-32-14-17(13-28-32)19-7-6-15(8-22(19)27)24(33)29-18-11-26(12-18)9-16(10-26)23-20-4-2-3-5-21(20)25(34)31-30-23/h2-8,13-14,16,18H,9-12H2,1H3,(H,29,33)(H,31,34)/i1D3. The van der Waals surface area contributed by atoms with Gasteiger partial charge in [-0.2, -0.15) is 10.2 Å². The Labute approximate surface area is 199 Å². The highest BCUT2D eigenvalue weighted by Crippen LogP contribution is 2.62. The van der Waals surface area contributed by atoms with E-state index in [-0.39, 0.29) is 40.0 Å². The summed E-state index contributed by atoms with van der Waals surface area (Å²) in [6.45, 7) is -2.45. The second-order valence-corrected chi connectivity index (χ2v) is 9.54. The quantitative estimate of drug-likeness (QED) is 0.483. The van der Waals surface area contributed by atoms with E-state index in [0.717, 1.165) is 47.5 Å². The molecule has 1 spiro atoms. The van der Waals surface area contributed by atoms with Crippen LogP contribution in [0.5, 0.6) is 0 Å². The minimum absolute atomic E-state index is 0.0222. The first-order valence-corrected chi connectivity index (χ1v) is 11.3. The van der Waals surface area contributed by atoms with Gasteiger partial charge in [-0.05, 0) is 49.3 Å². The van der Waals surface area contributed by atoms with Crippen molar-refractivity contribution in [3.05, 3.63) is 82.3 Å². The van der Waals surface area contributed by atoms with Crippen molar-refractivity contribution in [3.63, 3.8) is 0 Å².